The van der Waals surface area contributed by atoms with E-state index in [2.05, 4.69) is 18.5 Å². The van der Waals surface area contributed by atoms with Crippen LogP contribution in [0.4, 0.5) is 0 Å². The van der Waals surface area contributed by atoms with Crippen molar-refractivity contribution in [2.75, 3.05) is 5.75 Å². The van der Waals surface area contributed by atoms with Crippen molar-refractivity contribution in [2.24, 2.45) is 14.1 Å². The fourth-order valence-electron chi connectivity index (χ4n) is 2.30. The zero-order valence-corrected chi connectivity index (χ0v) is 13.4. The predicted octanol–water partition coefficient (Wildman–Crippen LogP) is 1.86. The summed E-state index contributed by atoms with van der Waals surface area (Å²) in [5.74, 6) is 0.710. The van der Waals surface area contributed by atoms with Gasteiger partial charge in [-0.05, 0) is 12.0 Å². The van der Waals surface area contributed by atoms with E-state index >= 15 is 0 Å². The van der Waals surface area contributed by atoms with E-state index in [1.54, 1.807) is 31.1 Å². The van der Waals surface area contributed by atoms with Gasteiger partial charge in [-0.1, -0.05) is 19.4 Å². The van der Waals surface area contributed by atoms with E-state index in [1.165, 1.54) is 11.6 Å². The Bertz CT molecular complexity index is 805. The molecule has 0 bridgehead atoms. The first-order chi connectivity index (χ1) is 10.0. The summed E-state index contributed by atoms with van der Waals surface area (Å²) in [6, 6.07) is 0. The van der Waals surface area contributed by atoms with Gasteiger partial charge in [-0.3, -0.25) is 13.9 Å². The second-order valence-electron chi connectivity index (χ2n) is 4.87. The van der Waals surface area contributed by atoms with Crippen LogP contribution in [0.1, 0.15) is 18.9 Å². The molecule has 2 aromatic heterocycles. The number of hydrogen-bond donors (Lipinski definition) is 0. The minimum Gasteiger partial charge on any atom is -0.280 e. The summed E-state index contributed by atoms with van der Waals surface area (Å²) in [5, 5.41) is 0.525. The zero-order valence-electron chi connectivity index (χ0n) is 12.5. The lowest BCUT2D eigenvalue weighted by atomic mass is 10.1. The van der Waals surface area contributed by atoms with Gasteiger partial charge in [0.05, 0.1) is 5.39 Å². The van der Waals surface area contributed by atoms with Crippen molar-refractivity contribution in [3.8, 4) is 0 Å². The highest BCUT2D eigenvalue weighted by Crippen LogP contribution is 2.28. The summed E-state index contributed by atoms with van der Waals surface area (Å²) in [7, 11) is 3.14. The molecule has 0 radical (unpaired) electrons. The van der Waals surface area contributed by atoms with Gasteiger partial charge in [0.2, 0.25) is 0 Å². The predicted molar refractivity (Wildman–Crippen MR) is 87.1 cm³/mol. The average molecular weight is 305 g/mol. The van der Waals surface area contributed by atoms with Gasteiger partial charge in [0.1, 0.15) is 5.65 Å². The highest BCUT2D eigenvalue weighted by molar-refractivity contribution is 7.99. The van der Waals surface area contributed by atoms with E-state index in [1.807, 2.05) is 0 Å². The van der Waals surface area contributed by atoms with Crippen LogP contribution >= 0.6 is 11.8 Å². The van der Waals surface area contributed by atoms with Crippen LogP contribution in [0.15, 0.2) is 33.3 Å². The highest BCUT2D eigenvalue weighted by atomic mass is 32.2. The van der Waals surface area contributed by atoms with Gasteiger partial charge in [0.25, 0.3) is 5.56 Å². The minimum atomic E-state index is -0.358. The smallest absolute Gasteiger partial charge is 0.280 e. The molecule has 0 aliphatic carbocycles. The molecule has 0 unspecified atom stereocenters. The Morgan fingerprint density at radius 3 is 2.67 bits per heavy atom. The van der Waals surface area contributed by atoms with Gasteiger partial charge in [0.15, 0.2) is 0 Å². The number of pyridine rings is 1. The largest absolute Gasteiger partial charge is 0.332 e. The first kappa shape index (κ1) is 15.6. The van der Waals surface area contributed by atoms with Gasteiger partial charge in [0, 0.05) is 30.9 Å². The Morgan fingerprint density at radius 2 is 2.05 bits per heavy atom. The molecular weight excluding hydrogens is 286 g/mol. The molecule has 6 heteroatoms. The van der Waals surface area contributed by atoms with Gasteiger partial charge < -0.3 is 0 Å². The average Bonchev–Trinajstić information content (AvgIpc) is 2.49. The summed E-state index contributed by atoms with van der Waals surface area (Å²) < 4.78 is 2.56. The lowest BCUT2D eigenvalue weighted by Crippen LogP contribution is -2.37. The van der Waals surface area contributed by atoms with Crippen molar-refractivity contribution in [3.63, 3.8) is 0 Å². The monoisotopic (exact) mass is 305 g/mol. The number of fused-ring (bicyclic) bond motifs is 1. The maximum Gasteiger partial charge on any atom is 0.332 e. The summed E-state index contributed by atoms with van der Waals surface area (Å²) >= 11 is 1.57. The summed E-state index contributed by atoms with van der Waals surface area (Å²) in [5.41, 5.74) is 0.843. The standard InChI is InChI=1S/C15H19N3O2S/c1-5-7-10-9-16-13-11(12(10)21-8-6-2)14(19)18(4)15(20)17(13)3/h6,9H,2,5,7-8H2,1,3-4H3. The molecule has 0 amide bonds. The highest BCUT2D eigenvalue weighted by Gasteiger charge is 2.16. The first-order valence-corrected chi connectivity index (χ1v) is 7.82. The van der Waals surface area contributed by atoms with Crippen LogP contribution in [0.2, 0.25) is 0 Å². The quantitative estimate of drug-likeness (QED) is 0.625. The van der Waals surface area contributed by atoms with E-state index in [0.717, 1.165) is 27.9 Å². The normalized spacial score (nSPS) is 11.0. The van der Waals surface area contributed by atoms with Crippen LogP contribution < -0.4 is 11.2 Å². The molecule has 0 saturated carbocycles. The Labute approximate surface area is 127 Å². The van der Waals surface area contributed by atoms with E-state index in [-0.39, 0.29) is 11.2 Å². The fraction of sp³-hybridized carbons (Fsp3) is 0.400. The van der Waals surface area contributed by atoms with Gasteiger partial charge in [-0.2, -0.15) is 0 Å². The molecule has 0 atom stereocenters. The van der Waals surface area contributed by atoms with Crippen molar-refractivity contribution in [1.82, 2.24) is 14.1 Å². The Morgan fingerprint density at radius 1 is 1.33 bits per heavy atom. The SMILES string of the molecule is C=CCSc1c(CCC)cnc2c1c(=O)n(C)c(=O)n2C. The molecule has 0 spiro atoms. The lowest BCUT2D eigenvalue weighted by molar-refractivity contribution is 0.704. The maximum atomic E-state index is 12.5. The fourth-order valence-corrected chi connectivity index (χ4v) is 3.24. The Kier molecular flexibility index (Phi) is 4.67. The molecule has 0 aromatic carbocycles. The summed E-state index contributed by atoms with van der Waals surface area (Å²) in [4.78, 5) is 29.8. The molecule has 0 fully saturated rings. The van der Waals surface area contributed by atoms with Gasteiger partial charge in [-0.25, -0.2) is 9.78 Å². The molecule has 2 rings (SSSR count). The van der Waals surface area contributed by atoms with Crippen LogP contribution in [0.25, 0.3) is 11.0 Å². The molecule has 0 aliphatic rings. The second kappa shape index (κ2) is 6.30. The van der Waals surface area contributed by atoms with Crippen molar-refractivity contribution in [1.29, 1.82) is 0 Å². The molecule has 0 saturated heterocycles. The molecule has 112 valence electrons. The molecule has 0 N–H and O–H groups in total. The molecular formula is C15H19N3O2S. The third-order valence-corrected chi connectivity index (χ3v) is 4.52. The minimum absolute atomic E-state index is 0.287. The van der Waals surface area contributed by atoms with Crippen LogP contribution in [0, 0.1) is 0 Å². The van der Waals surface area contributed by atoms with E-state index in [4.69, 9.17) is 0 Å². The Balaban J connectivity index is 2.90. The van der Waals surface area contributed by atoms with Crippen LogP contribution in [-0.4, -0.2) is 19.9 Å². The Hall–Kier alpha value is -1.82. The van der Waals surface area contributed by atoms with E-state index < -0.39 is 0 Å². The lowest BCUT2D eigenvalue weighted by Gasteiger charge is -2.13. The number of aromatic nitrogens is 3. The molecule has 2 aromatic rings. The van der Waals surface area contributed by atoms with Crippen molar-refractivity contribution >= 4 is 22.8 Å². The topological polar surface area (TPSA) is 56.9 Å². The molecule has 0 aliphatic heterocycles. The van der Waals surface area contributed by atoms with Gasteiger partial charge >= 0.3 is 5.69 Å². The van der Waals surface area contributed by atoms with Crippen LogP contribution in [0.3, 0.4) is 0 Å². The van der Waals surface area contributed by atoms with Crippen molar-refractivity contribution in [2.45, 2.75) is 24.7 Å². The number of nitrogens with zero attached hydrogens (tertiary/aromatic N) is 3. The summed E-state index contributed by atoms with van der Waals surface area (Å²) in [6.45, 7) is 5.82. The molecule has 5 nitrogen and oxygen atoms in total. The zero-order chi connectivity index (χ0) is 15.6. The number of aryl methyl sites for hydroxylation is 2. The third kappa shape index (κ3) is 2.68. The number of rotatable bonds is 5. The van der Waals surface area contributed by atoms with Crippen molar-refractivity contribution in [3.05, 3.63) is 45.3 Å². The maximum absolute atomic E-state index is 12.5. The first-order valence-electron chi connectivity index (χ1n) is 6.84. The van der Waals surface area contributed by atoms with Crippen LogP contribution in [-0.2, 0) is 20.5 Å². The molecule has 2 heterocycles. The summed E-state index contributed by atoms with van der Waals surface area (Å²) in [6.07, 6.45) is 5.41. The van der Waals surface area contributed by atoms with Crippen LogP contribution in [0.5, 0.6) is 0 Å². The second-order valence-corrected chi connectivity index (χ2v) is 5.90. The van der Waals surface area contributed by atoms with Gasteiger partial charge in [-0.15, -0.1) is 18.3 Å². The number of thioether (sulfide) groups is 1. The molecule has 21 heavy (non-hydrogen) atoms. The van der Waals surface area contributed by atoms with E-state index in [9.17, 15) is 9.59 Å². The van der Waals surface area contributed by atoms with E-state index in [0.29, 0.717) is 16.8 Å². The number of hydrogen-bond acceptors (Lipinski definition) is 4. The van der Waals surface area contributed by atoms with Crippen molar-refractivity contribution < 1.29 is 0 Å². The third-order valence-electron chi connectivity index (χ3n) is 3.36.